The molecule has 3 aromatic rings. The molecule has 1 aromatic carbocycles. The molecule has 0 saturated carbocycles. The SMILES string of the molecule is COCCNc1nc2ccncc2nc1N1CCC(Cc2ccc(F)cc2F)CC1.O=C(O)C(F)(F)F. The van der Waals surface area contributed by atoms with Crippen LogP contribution in [0.3, 0.4) is 0 Å². The average Bonchev–Trinajstić information content (AvgIpc) is 2.86. The largest absolute Gasteiger partial charge is 0.490 e. The van der Waals surface area contributed by atoms with Gasteiger partial charge in [-0.2, -0.15) is 13.2 Å². The first kappa shape index (κ1) is 28.0. The molecule has 4 rings (SSSR count). The number of fused-ring (bicyclic) bond motifs is 1. The number of carboxylic acid groups (broad SMARTS) is 1. The summed E-state index contributed by atoms with van der Waals surface area (Å²) in [7, 11) is 1.66. The summed E-state index contributed by atoms with van der Waals surface area (Å²) >= 11 is 0. The van der Waals surface area contributed by atoms with Crippen LogP contribution in [-0.2, 0) is 16.0 Å². The van der Waals surface area contributed by atoms with Crippen LogP contribution < -0.4 is 10.2 Å². The Morgan fingerprint density at radius 3 is 2.49 bits per heavy atom. The number of ether oxygens (including phenoxy) is 1. The fourth-order valence-corrected chi connectivity index (χ4v) is 3.85. The van der Waals surface area contributed by atoms with Gasteiger partial charge in [0.1, 0.15) is 17.2 Å². The Morgan fingerprint density at radius 1 is 1.16 bits per heavy atom. The molecule has 0 atom stereocenters. The van der Waals surface area contributed by atoms with E-state index in [1.54, 1.807) is 25.6 Å². The van der Waals surface area contributed by atoms with Crippen LogP contribution in [-0.4, -0.2) is 65.6 Å². The highest BCUT2D eigenvalue weighted by atomic mass is 19.4. The molecule has 0 spiro atoms. The van der Waals surface area contributed by atoms with Crippen LogP contribution in [0.5, 0.6) is 0 Å². The fourth-order valence-electron chi connectivity index (χ4n) is 3.85. The van der Waals surface area contributed by atoms with Crippen LogP contribution in [0.15, 0.2) is 36.7 Å². The summed E-state index contributed by atoms with van der Waals surface area (Å²) in [5, 5.41) is 10.4. The van der Waals surface area contributed by atoms with Crippen molar-refractivity contribution in [2.75, 3.05) is 43.6 Å². The van der Waals surface area contributed by atoms with Crippen molar-refractivity contribution in [3.8, 4) is 0 Å². The third-order valence-corrected chi connectivity index (χ3v) is 5.73. The second-order valence-corrected chi connectivity index (χ2v) is 8.35. The number of halogens is 5. The van der Waals surface area contributed by atoms with Gasteiger partial charge in [0.2, 0.25) is 0 Å². The second-order valence-electron chi connectivity index (χ2n) is 8.35. The predicted molar refractivity (Wildman–Crippen MR) is 126 cm³/mol. The molecule has 0 unspecified atom stereocenters. The molecule has 37 heavy (non-hydrogen) atoms. The normalized spacial score (nSPS) is 14.3. The zero-order chi connectivity index (χ0) is 27.0. The van der Waals surface area contributed by atoms with Crippen molar-refractivity contribution in [1.29, 1.82) is 0 Å². The topological polar surface area (TPSA) is 100 Å². The maximum atomic E-state index is 14.0. The lowest BCUT2D eigenvalue weighted by Gasteiger charge is -2.33. The van der Waals surface area contributed by atoms with E-state index in [4.69, 9.17) is 24.6 Å². The summed E-state index contributed by atoms with van der Waals surface area (Å²) in [4.78, 5) is 24.8. The van der Waals surface area contributed by atoms with Crippen LogP contribution in [0.25, 0.3) is 11.0 Å². The fraction of sp³-hybridized carbons (Fsp3) is 0.417. The lowest BCUT2D eigenvalue weighted by molar-refractivity contribution is -0.192. The first-order valence-corrected chi connectivity index (χ1v) is 11.4. The zero-order valence-corrected chi connectivity index (χ0v) is 19.9. The number of methoxy groups -OCH3 is 1. The van der Waals surface area contributed by atoms with Gasteiger partial charge in [-0.05, 0) is 42.9 Å². The standard InChI is InChI=1S/C22H25F2N5O.C2HF3O2/c1-30-11-8-26-21-22(28-20-14-25-7-4-19(20)27-21)29-9-5-15(6-10-29)12-16-2-3-17(23)13-18(16)24;3-2(4,5)1(6)7/h2-4,7,13-15H,5-6,8-12H2,1H3,(H,26,27);(H,6,7). The van der Waals surface area contributed by atoms with Gasteiger partial charge in [0.15, 0.2) is 11.6 Å². The summed E-state index contributed by atoms with van der Waals surface area (Å²) in [6, 6.07) is 5.68. The Morgan fingerprint density at radius 2 is 1.86 bits per heavy atom. The van der Waals surface area contributed by atoms with Crippen molar-refractivity contribution < 1.29 is 36.6 Å². The number of hydrogen-bond donors (Lipinski definition) is 2. The molecule has 2 aromatic heterocycles. The monoisotopic (exact) mass is 527 g/mol. The molecular weight excluding hydrogens is 501 g/mol. The van der Waals surface area contributed by atoms with Gasteiger partial charge in [-0.15, -0.1) is 0 Å². The molecule has 0 radical (unpaired) electrons. The Balaban J connectivity index is 0.000000479. The number of aliphatic carboxylic acids is 1. The summed E-state index contributed by atoms with van der Waals surface area (Å²) in [6.45, 7) is 2.80. The molecular formula is C24H26F5N5O3. The third kappa shape index (κ3) is 7.94. The number of nitrogens with one attached hydrogen (secondary N) is 1. The molecule has 200 valence electrons. The number of alkyl halides is 3. The van der Waals surface area contributed by atoms with E-state index < -0.39 is 23.8 Å². The van der Waals surface area contributed by atoms with Crippen LogP contribution in [0.1, 0.15) is 18.4 Å². The van der Waals surface area contributed by atoms with Gasteiger partial charge >= 0.3 is 12.1 Å². The number of rotatable bonds is 7. The Labute approximate surface area is 209 Å². The van der Waals surface area contributed by atoms with E-state index in [2.05, 4.69) is 15.2 Å². The van der Waals surface area contributed by atoms with Gasteiger partial charge in [-0.3, -0.25) is 4.98 Å². The number of benzene rings is 1. The maximum Gasteiger partial charge on any atom is 0.490 e. The van der Waals surface area contributed by atoms with E-state index >= 15 is 0 Å². The van der Waals surface area contributed by atoms with Crippen molar-refractivity contribution >= 4 is 28.6 Å². The number of anilines is 2. The van der Waals surface area contributed by atoms with Gasteiger partial charge in [-0.25, -0.2) is 23.5 Å². The van der Waals surface area contributed by atoms with Gasteiger partial charge in [0.05, 0.1) is 18.3 Å². The minimum Gasteiger partial charge on any atom is -0.475 e. The van der Waals surface area contributed by atoms with Gasteiger partial charge in [-0.1, -0.05) is 6.07 Å². The van der Waals surface area contributed by atoms with E-state index in [1.165, 1.54) is 6.07 Å². The van der Waals surface area contributed by atoms with E-state index in [-0.39, 0.29) is 0 Å². The lowest BCUT2D eigenvalue weighted by Crippen LogP contribution is -2.35. The molecule has 1 saturated heterocycles. The van der Waals surface area contributed by atoms with Crippen molar-refractivity contribution in [3.05, 3.63) is 53.9 Å². The smallest absolute Gasteiger partial charge is 0.475 e. The van der Waals surface area contributed by atoms with Crippen molar-refractivity contribution in [2.24, 2.45) is 5.92 Å². The molecule has 0 bridgehead atoms. The molecule has 0 amide bonds. The van der Waals surface area contributed by atoms with E-state index in [9.17, 15) is 22.0 Å². The Kier molecular flexibility index (Phi) is 9.50. The number of aromatic nitrogens is 3. The minimum atomic E-state index is -5.08. The number of carbonyl (C=O) groups is 1. The number of carboxylic acids is 1. The van der Waals surface area contributed by atoms with Crippen molar-refractivity contribution in [1.82, 2.24) is 15.0 Å². The van der Waals surface area contributed by atoms with E-state index in [0.717, 1.165) is 54.7 Å². The zero-order valence-electron chi connectivity index (χ0n) is 19.9. The van der Waals surface area contributed by atoms with Crippen molar-refractivity contribution in [2.45, 2.75) is 25.4 Å². The Hall–Kier alpha value is -3.61. The molecule has 8 nitrogen and oxygen atoms in total. The number of piperidine rings is 1. The van der Waals surface area contributed by atoms with Gasteiger partial charge < -0.3 is 20.1 Å². The Bertz CT molecular complexity index is 1200. The minimum absolute atomic E-state index is 0.348. The average molecular weight is 527 g/mol. The lowest BCUT2D eigenvalue weighted by atomic mass is 9.90. The highest BCUT2D eigenvalue weighted by Gasteiger charge is 2.38. The number of hydrogen-bond acceptors (Lipinski definition) is 7. The molecule has 0 aliphatic carbocycles. The van der Waals surface area contributed by atoms with Crippen LogP contribution in [0.2, 0.25) is 0 Å². The van der Waals surface area contributed by atoms with Gasteiger partial charge in [0, 0.05) is 39.0 Å². The van der Waals surface area contributed by atoms with Crippen LogP contribution in [0.4, 0.5) is 33.6 Å². The van der Waals surface area contributed by atoms with Crippen LogP contribution in [0, 0.1) is 17.6 Å². The highest BCUT2D eigenvalue weighted by molar-refractivity contribution is 5.79. The quantitative estimate of drug-likeness (QED) is 0.343. The van der Waals surface area contributed by atoms with E-state index in [1.807, 2.05) is 6.07 Å². The predicted octanol–water partition coefficient (Wildman–Crippen LogP) is 4.45. The first-order chi connectivity index (χ1) is 17.6. The number of nitrogens with zero attached hydrogens (tertiary/aromatic N) is 4. The van der Waals surface area contributed by atoms with Gasteiger partial charge in [0.25, 0.3) is 0 Å². The molecule has 3 heterocycles. The summed E-state index contributed by atoms with van der Waals surface area (Å²) in [5.41, 5.74) is 2.11. The number of pyridine rings is 1. The second kappa shape index (κ2) is 12.6. The maximum absolute atomic E-state index is 14.0. The summed E-state index contributed by atoms with van der Waals surface area (Å²) < 4.78 is 64.0. The van der Waals surface area contributed by atoms with Crippen molar-refractivity contribution in [3.63, 3.8) is 0 Å². The molecule has 1 fully saturated rings. The molecule has 2 N–H and O–H groups in total. The molecule has 13 heteroatoms. The third-order valence-electron chi connectivity index (χ3n) is 5.73. The highest BCUT2D eigenvalue weighted by Crippen LogP contribution is 2.30. The first-order valence-electron chi connectivity index (χ1n) is 11.4. The van der Waals surface area contributed by atoms with E-state index in [0.29, 0.717) is 31.1 Å². The molecule has 1 aliphatic heterocycles. The van der Waals surface area contributed by atoms with Crippen LogP contribution >= 0.6 is 0 Å². The summed E-state index contributed by atoms with van der Waals surface area (Å²) in [6.07, 6.45) is 0.763. The molecule has 1 aliphatic rings. The summed E-state index contributed by atoms with van der Waals surface area (Å²) in [5.74, 6) is -1.88.